The number of rotatable bonds is 2. The normalized spacial score (nSPS) is 10.0. The summed E-state index contributed by atoms with van der Waals surface area (Å²) in [6.45, 7) is 0. The summed E-state index contributed by atoms with van der Waals surface area (Å²) in [4.78, 5) is 11.1. The number of nitrogens with one attached hydrogen (secondary N) is 1. The summed E-state index contributed by atoms with van der Waals surface area (Å²) < 4.78 is 0. The van der Waals surface area contributed by atoms with Crippen molar-refractivity contribution >= 4 is 17.6 Å². The molecule has 0 radical (unpaired) electrons. The lowest BCUT2D eigenvalue weighted by Crippen LogP contribution is -1.72. The highest BCUT2D eigenvalue weighted by Crippen LogP contribution is 2.22. The Morgan fingerprint density at radius 1 is 1.58 bits per heavy atom. The Hall–Kier alpha value is -1.42. The highest BCUT2D eigenvalue weighted by atomic mass is 32.1. The number of nitrogens with zero attached hydrogens (tertiary/aromatic N) is 1. The zero-order chi connectivity index (χ0) is 8.39. The second-order valence-electron chi connectivity index (χ2n) is 2.33. The summed E-state index contributed by atoms with van der Waals surface area (Å²) in [6, 6.07) is 3.71. The maximum atomic E-state index is 10.4. The third kappa shape index (κ3) is 1.16. The van der Waals surface area contributed by atoms with Gasteiger partial charge in [-0.05, 0) is 12.1 Å². The molecule has 0 saturated heterocycles. The van der Waals surface area contributed by atoms with Crippen LogP contribution in [0.3, 0.4) is 0 Å². The van der Waals surface area contributed by atoms with Gasteiger partial charge in [-0.3, -0.25) is 9.89 Å². The van der Waals surface area contributed by atoms with Gasteiger partial charge in [-0.1, -0.05) is 0 Å². The lowest BCUT2D eigenvalue weighted by molar-refractivity contribution is 0.112. The van der Waals surface area contributed by atoms with E-state index in [2.05, 4.69) is 10.2 Å². The third-order valence-corrected chi connectivity index (χ3v) is 2.41. The minimum absolute atomic E-state index is 0.736. The Labute approximate surface area is 73.1 Å². The van der Waals surface area contributed by atoms with Crippen LogP contribution in [0.1, 0.15) is 9.67 Å². The molecule has 0 aliphatic heterocycles. The van der Waals surface area contributed by atoms with Crippen molar-refractivity contribution in [3.8, 4) is 11.3 Å². The second kappa shape index (κ2) is 2.91. The van der Waals surface area contributed by atoms with Crippen LogP contribution in [0.4, 0.5) is 0 Å². The van der Waals surface area contributed by atoms with Crippen molar-refractivity contribution in [2.24, 2.45) is 0 Å². The molecular formula is C8H6N2OS. The average molecular weight is 178 g/mol. The summed E-state index contributed by atoms with van der Waals surface area (Å²) >= 11 is 1.43. The molecule has 2 rings (SSSR count). The number of aldehydes is 1. The van der Waals surface area contributed by atoms with Gasteiger partial charge in [-0.25, -0.2) is 0 Å². The van der Waals surface area contributed by atoms with E-state index in [1.807, 2.05) is 17.5 Å². The van der Waals surface area contributed by atoms with Gasteiger partial charge < -0.3 is 0 Å². The van der Waals surface area contributed by atoms with Crippen molar-refractivity contribution in [3.63, 3.8) is 0 Å². The van der Waals surface area contributed by atoms with Gasteiger partial charge in [0.1, 0.15) is 0 Å². The summed E-state index contributed by atoms with van der Waals surface area (Å²) in [5.74, 6) is 0. The number of thiophene rings is 1. The number of carbonyl (C=O) groups is 1. The van der Waals surface area contributed by atoms with Crippen LogP contribution >= 0.6 is 11.3 Å². The maximum Gasteiger partial charge on any atom is 0.160 e. The minimum Gasteiger partial charge on any atom is -0.297 e. The van der Waals surface area contributed by atoms with Crippen LogP contribution in [0.15, 0.2) is 23.7 Å². The van der Waals surface area contributed by atoms with Gasteiger partial charge in [0, 0.05) is 17.1 Å². The lowest BCUT2D eigenvalue weighted by Gasteiger charge is -1.86. The molecule has 2 heterocycles. The van der Waals surface area contributed by atoms with Crippen molar-refractivity contribution < 1.29 is 4.79 Å². The molecule has 2 aromatic heterocycles. The molecular weight excluding hydrogens is 172 g/mol. The molecule has 0 fully saturated rings. The first kappa shape index (κ1) is 7.24. The fourth-order valence-corrected chi connectivity index (χ4v) is 1.68. The molecule has 3 nitrogen and oxygen atoms in total. The number of aromatic nitrogens is 2. The van der Waals surface area contributed by atoms with Gasteiger partial charge in [-0.2, -0.15) is 5.10 Å². The van der Waals surface area contributed by atoms with E-state index < -0.39 is 0 Å². The molecule has 0 aliphatic rings. The average Bonchev–Trinajstić information content (AvgIpc) is 2.75. The number of hydrogen-bond donors (Lipinski definition) is 1. The number of carbonyl (C=O) groups excluding carboxylic acids is 1. The molecule has 12 heavy (non-hydrogen) atoms. The molecule has 2 aromatic rings. The smallest absolute Gasteiger partial charge is 0.160 e. The maximum absolute atomic E-state index is 10.4. The van der Waals surface area contributed by atoms with Gasteiger partial charge >= 0.3 is 0 Å². The molecule has 0 spiro atoms. The summed E-state index contributed by atoms with van der Waals surface area (Å²) in [5, 5.41) is 8.58. The van der Waals surface area contributed by atoms with Crippen LogP contribution < -0.4 is 0 Å². The molecule has 0 bridgehead atoms. The molecule has 0 unspecified atom stereocenters. The van der Waals surface area contributed by atoms with Crippen LogP contribution in [0.5, 0.6) is 0 Å². The highest BCUT2D eigenvalue weighted by molar-refractivity contribution is 7.12. The first-order valence-corrected chi connectivity index (χ1v) is 4.31. The largest absolute Gasteiger partial charge is 0.297 e. The minimum atomic E-state index is 0.736. The van der Waals surface area contributed by atoms with Gasteiger partial charge in [0.2, 0.25) is 0 Å². The second-order valence-corrected chi connectivity index (χ2v) is 3.27. The van der Waals surface area contributed by atoms with Crippen molar-refractivity contribution in [1.29, 1.82) is 0 Å². The van der Waals surface area contributed by atoms with E-state index in [1.165, 1.54) is 11.3 Å². The van der Waals surface area contributed by atoms with Crippen LogP contribution in [0.25, 0.3) is 11.3 Å². The number of hydrogen-bond acceptors (Lipinski definition) is 3. The molecule has 0 amide bonds. The Morgan fingerprint density at radius 2 is 2.50 bits per heavy atom. The topological polar surface area (TPSA) is 45.8 Å². The zero-order valence-corrected chi connectivity index (χ0v) is 6.97. The fourth-order valence-electron chi connectivity index (χ4n) is 0.973. The SMILES string of the molecule is O=Cc1cc(-c2ccn[nH]2)cs1. The van der Waals surface area contributed by atoms with Gasteiger partial charge in [0.15, 0.2) is 6.29 Å². The Kier molecular flexibility index (Phi) is 1.75. The Morgan fingerprint density at radius 3 is 3.08 bits per heavy atom. The van der Waals surface area contributed by atoms with E-state index in [4.69, 9.17) is 0 Å². The van der Waals surface area contributed by atoms with Crippen LogP contribution in [0, 0.1) is 0 Å². The van der Waals surface area contributed by atoms with E-state index in [0.717, 1.165) is 22.4 Å². The molecule has 4 heteroatoms. The van der Waals surface area contributed by atoms with E-state index in [9.17, 15) is 4.79 Å². The third-order valence-electron chi connectivity index (χ3n) is 1.55. The molecule has 0 saturated carbocycles. The van der Waals surface area contributed by atoms with Crippen molar-refractivity contribution in [2.45, 2.75) is 0 Å². The molecule has 1 N–H and O–H groups in total. The number of aromatic amines is 1. The lowest BCUT2D eigenvalue weighted by atomic mass is 10.2. The van der Waals surface area contributed by atoms with Crippen LogP contribution in [-0.4, -0.2) is 16.5 Å². The Bertz CT molecular complexity index is 377. The molecule has 60 valence electrons. The van der Waals surface area contributed by atoms with Crippen LogP contribution in [-0.2, 0) is 0 Å². The van der Waals surface area contributed by atoms with Crippen molar-refractivity contribution in [3.05, 3.63) is 28.6 Å². The summed E-state index contributed by atoms with van der Waals surface area (Å²) in [5.41, 5.74) is 1.96. The first-order chi connectivity index (χ1) is 5.90. The van der Waals surface area contributed by atoms with Crippen molar-refractivity contribution in [2.75, 3.05) is 0 Å². The number of H-pyrrole nitrogens is 1. The zero-order valence-electron chi connectivity index (χ0n) is 6.15. The summed E-state index contributed by atoms with van der Waals surface area (Å²) in [7, 11) is 0. The quantitative estimate of drug-likeness (QED) is 0.714. The van der Waals surface area contributed by atoms with Gasteiger partial charge in [0.05, 0.1) is 10.6 Å². The summed E-state index contributed by atoms with van der Waals surface area (Å²) in [6.07, 6.45) is 2.54. The predicted octanol–water partition coefficient (Wildman–Crippen LogP) is 1.95. The Balaban J connectivity index is 2.41. The standard InChI is InChI=1S/C8H6N2OS/c11-4-7-3-6(5-12-7)8-1-2-9-10-8/h1-5H,(H,9,10). The fraction of sp³-hybridized carbons (Fsp3) is 0. The van der Waals surface area contributed by atoms with Crippen molar-refractivity contribution in [1.82, 2.24) is 10.2 Å². The molecule has 0 aromatic carbocycles. The van der Waals surface area contributed by atoms with E-state index in [1.54, 1.807) is 6.20 Å². The van der Waals surface area contributed by atoms with E-state index >= 15 is 0 Å². The highest BCUT2D eigenvalue weighted by Gasteiger charge is 2.01. The van der Waals surface area contributed by atoms with E-state index in [-0.39, 0.29) is 0 Å². The monoisotopic (exact) mass is 178 g/mol. The van der Waals surface area contributed by atoms with Gasteiger partial charge in [-0.15, -0.1) is 11.3 Å². The predicted molar refractivity (Wildman–Crippen MR) is 47.3 cm³/mol. The molecule has 0 aliphatic carbocycles. The van der Waals surface area contributed by atoms with Crippen LogP contribution in [0.2, 0.25) is 0 Å². The van der Waals surface area contributed by atoms with E-state index in [0.29, 0.717) is 0 Å². The first-order valence-electron chi connectivity index (χ1n) is 3.43. The molecule has 0 atom stereocenters. The van der Waals surface area contributed by atoms with Gasteiger partial charge in [0.25, 0.3) is 0 Å².